The third kappa shape index (κ3) is 2.82. The molecule has 108 valence electrons. The second-order valence-corrected chi connectivity index (χ2v) is 6.25. The zero-order valence-corrected chi connectivity index (χ0v) is 13.4. The topological polar surface area (TPSA) is 37.8 Å². The van der Waals surface area contributed by atoms with Crippen LogP contribution in [0.4, 0.5) is 0 Å². The fourth-order valence-electron chi connectivity index (χ4n) is 2.47. The van der Waals surface area contributed by atoms with Crippen LogP contribution in [0, 0.1) is 6.92 Å². The molecule has 21 heavy (non-hydrogen) atoms. The van der Waals surface area contributed by atoms with Crippen molar-refractivity contribution in [3.63, 3.8) is 0 Å². The second-order valence-electron chi connectivity index (χ2n) is 5.19. The molecule has 3 nitrogen and oxygen atoms in total. The largest absolute Gasteiger partial charge is 0.310 e. The maximum Gasteiger partial charge on any atom is 0.142 e. The normalized spacial score (nSPS) is 12.7. The minimum Gasteiger partial charge on any atom is -0.310 e. The van der Waals surface area contributed by atoms with Gasteiger partial charge in [0.25, 0.3) is 0 Å². The number of nitrogens with zero attached hydrogens (tertiary/aromatic N) is 2. The van der Waals surface area contributed by atoms with E-state index in [1.54, 1.807) is 11.3 Å². The van der Waals surface area contributed by atoms with Crippen LogP contribution in [-0.2, 0) is 0 Å². The molecule has 0 aliphatic carbocycles. The highest BCUT2D eigenvalue weighted by molar-refractivity contribution is 7.15. The fourth-order valence-corrected chi connectivity index (χ4v) is 3.37. The third-order valence-corrected chi connectivity index (χ3v) is 4.81. The van der Waals surface area contributed by atoms with E-state index in [1.807, 2.05) is 12.3 Å². The molecule has 2 heterocycles. The second kappa shape index (κ2) is 5.92. The van der Waals surface area contributed by atoms with Crippen LogP contribution in [-0.4, -0.2) is 16.5 Å². The van der Waals surface area contributed by atoms with E-state index in [0.717, 1.165) is 22.8 Å². The molecule has 4 heteroatoms. The first-order valence-corrected chi connectivity index (χ1v) is 8.06. The van der Waals surface area contributed by atoms with Gasteiger partial charge in [-0.1, -0.05) is 25.1 Å². The number of hydrogen-bond acceptors (Lipinski definition) is 4. The number of hydrogen-bond donors (Lipinski definition) is 1. The van der Waals surface area contributed by atoms with Crippen LogP contribution < -0.4 is 5.32 Å². The minimum absolute atomic E-state index is 0.336. The fraction of sp³-hybridized carbons (Fsp3) is 0.294. The van der Waals surface area contributed by atoms with E-state index in [1.165, 1.54) is 15.8 Å². The van der Waals surface area contributed by atoms with Crippen molar-refractivity contribution in [3.05, 3.63) is 47.0 Å². The molecule has 0 amide bonds. The summed E-state index contributed by atoms with van der Waals surface area (Å²) in [5.74, 6) is 0. The summed E-state index contributed by atoms with van der Waals surface area (Å²) in [6, 6.07) is 10.7. The van der Waals surface area contributed by atoms with Gasteiger partial charge >= 0.3 is 0 Å². The molecule has 0 saturated carbocycles. The highest BCUT2D eigenvalue weighted by Crippen LogP contribution is 2.30. The summed E-state index contributed by atoms with van der Waals surface area (Å²) in [5.41, 5.74) is 3.24. The van der Waals surface area contributed by atoms with E-state index >= 15 is 0 Å². The van der Waals surface area contributed by atoms with Crippen LogP contribution >= 0.6 is 11.3 Å². The summed E-state index contributed by atoms with van der Waals surface area (Å²) in [6.45, 7) is 7.37. The van der Waals surface area contributed by atoms with Gasteiger partial charge in [0.15, 0.2) is 0 Å². The Kier molecular flexibility index (Phi) is 3.99. The number of aromatic nitrogens is 2. The van der Waals surface area contributed by atoms with Crippen LogP contribution in [0.3, 0.4) is 0 Å². The first-order chi connectivity index (χ1) is 10.2. The van der Waals surface area contributed by atoms with Crippen LogP contribution in [0.25, 0.3) is 21.6 Å². The van der Waals surface area contributed by atoms with Crippen LogP contribution in [0.2, 0.25) is 0 Å². The molecular formula is C17H19N3S. The van der Waals surface area contributed by atoms with E-state index in [9.17, 15) is 0 Å². The summed E-state index contributed by atoms with van der Waals surface area (Å²) in [5, 5.41) is 5.61. The molecule has 0 radical (unpaired) electrons. The lowest BCUT2D eigenvalue weighted by Gasteiger charge is -2.08. The van der Waals surface area contributed by atoms with Gasteiger partial charge in [-0.25, -0.2) is 9.97 Å². The Morgan fingerprint density at radius 3 is 2.90 bits per heavy atom. The van der Waals surface area contributed by atoms with Crippen molar-refractivity contribution in [2.75, 3.05) is 6.54 Å². The Hall–Kier alpha value is -1.78. The number of fused-ring (bicyclic) bond motifs is 1. The Balaban J connectivity index is 2.01. The average molecular weight is 297 g/mol. The number of thiazole rings is 1. The molecule has 1 N–H and O–H groups in total. The monoisotopic (exact) mass is 297 g/mol. The average Bonchev–Trinajstić information content (AvgIpc) is 2.97. The van der Waals surface area contributed by atoms with Crippen molar-refractivity contribution in [1.82, 2.24) is 15.3 Å². The maximum absolute atomic E-state index is 4.75. The predicted octanol–water partition coefficient (Wildman–Crippen LogP) is 4.34. The standard InChI is InChI=1S/C17H19N3S/c1-4-18-12(3)16-10-19-17(21-16)15-9-11(2)13-7-5-6-8-14(13)20-15/h5-10,12,18H,4H2,1-3H3. The SMILES string of the molecule is CCNC(C)c1cnc(-c2cc(C)c3ccccc3n2)s1. The van der Waals surface area contributed by atoms with Crippen LogP contribution in [0.15, 0.2) is 36.5 Å². The highest BCUT2D eigenvalue weighted by Gasteiger charge is 2.12. The Morgan fingerprint density at radius 1 is 1.29 bits per heavy atom. The summed E-state index contributed by atoms with van der Waals surface area (Å²) >= 11 is 1.72. The molecule has 2 aromatic heterocycles. The number of pyridine rings is 1. The van der Waals surface area contributed by atoms with Gasteiger partial charge in [-0.3, -0.25) is 0 Å². The van der Waals surface area contributed by atoms with E-state index in [4.69, 9.17) is 4.98 Å². The third-order valence-electron chi connectivity index (χ3n) is 3.60. The molecule has 1 unspecified atom stereocenters. The number of nitrogens with one attached hydrogen (secondary N) is 1. The Labute approximate surface area is 129 Å². The van der Waals surface area contributed by atoms with Crippen LogP contribution in [0.1, 0.15) is 30.3 Å². The molecular weight excluding hydrogens is 278 g/mol. The summed E-state index contributed by atoms with van der Waals surface area (Å²) in [6.07, 6.45) is 1.96. The molecule has 0 fully saturated rings. The first-order valence-electron chi connectivity index (χ1n) is 7.25. The Morgan fingerprint density at radius 2 is 2.10 bits per heavy atom. The van der Waals surface area contributed by atoms with E-state index < -0.39 is 0 Å². The van der Waals surface area contributed by atoms with Gasteiger partial charge in [0.2, 0.25) is 0 Å². The highest BCUT2D eigenvalue weighted by atomic mass is 32.1. The lowest BCUT2D eigenvalue weighted by Crippen LogP contribution is -2.16. The van der Waals surface area contributed by atoms with E-state index in [0.29, 0.717) is 6.04 Å². The van der Waals surface area contributed by atoms with Gasteiger partial charge in [-0.15, -0.1) is 11.3 Å². The van der Waals surface area contributed by atoms with Gasteiger partial charge in [0, 0.05) is 22.5 Å². The molecule has 0 spiro atoms. The number of rotatable bonds is 4. The van der Waals surface area contributed by atoms with E-state index in [2.05, 4.69) is 55.3 Å². The van der Waals surface area contributed by atoms with E-state index in [-0.39, 0.29) is 0 Å². The Bertz CT molecular complexity index is 764. The number of para-hydroxylation sites is 1. The lowest BCUT2D eigenvalue weighted by atomic mass is 10.1. The molecule has 0 bridgehead atoms. The molecule has 0 saturated heterocycles. The van der Waals surface area contributed by atoms with Crippen molar-refractivity contribution < 1.29 is 0 Å². The molecule has 1 atom stereocenters. The summed E-state index contributed by atoms with van der Waals surface area (Å²) in [7, 11) is 0. The number of aryl methyl sites for hydroxylation is 1. The van der Waals surface area contributed by atoms with Gasteiger partial charge in [-0.05, 0) is 38.1 Å². The van der Waals surface area contributed by atoms with Gasteiger partial charge in [0.05, 0.1) is 11.2 Å². The zero-order valence-electron chi connectivity index (χ0n) is 12.6. The molecule has 0 aliphatic rings. The smallest absolute Gasteiger partial charge is 0.142 e. The summed E-state index contributed by atoms with van der Waals surface area (Å²) < 4.78 is 0. The first kappa shape index (κ1) is 14.2. The maximum atomic E-state index is 4.75. The van der Waals surface area contributed by atoms with Crippen molar-refractivity contribution in [3.8, 4) is 10.7 Å². The summed E-state index contributed by atoms with van der Waals surface area (Å²) in [4.78, 5) is 10.6. The zero-order chi connectivity index (χ0) is 14.8. The molecule has 3 aromatic rings. The quantitative estimate of drug-likeness (QED) is 0.778. The molecule has 1 aromatic carbocycles. The van der Waals surface area contributed by atoms with Gasteiger partial charge in [-0.2, -0.15) is 0 Å². The molecule has 3 rings (SSSR count). The number of benzene rings is 1. The van der Waals surface area contributed by atoms with Gasteiger partial charge < -0.3 is 5.32 Å². The van der Waals surface area contributed by atoms with Crippen molar-refractivity contribution in [2.45, 2.75) is 26.8 Å². The minimum atomic E-state index is 0.336. The predicted molar refractivity (Wildman–Crippen MR) is 89.7 cm³/mol. The van der Waals surface area contributed by atoms with Crippen molar-refractivity contribution in [1.29, 1.82) is 0 Å². The van der Waals surface area contributed by atoms with Crippen molar-refractivity contribution in [2.24, 2.45) is 0 Å². The molecule has 0 aliphatic heterocycles. The van der Waals surface area contributed by atoms with Gasteiger partial charge in [0.1, 0.15) is 5.01 Å². The lowest BCUT2D eigenvalue weighted by molar-refractivity contribution is 0.606. The van der Waals surface area contributed by atoms with Crippen LogP contribution in [0.5, 0.6) is 0 Å². The van der Waals surface area contributed by atoms with Crippen molar-refractivity contribution >= 4 is 22.2 Å².